The van der Waals surface area contributed by atoms with Gasteiger partial charge in [0.25, 0.3) is 0 Å². The van der Waals surface area contributed by atoms with Crippen LogP contribution < -0.4 is 28.6 Å². The van der Waals surface area contributed by atoms with Gasteiger partial charge in [0.15, 0.2) is 11.5 Å². The van der Waals surface area contributed by atoms with Gasteiger partial charge in [-0.2, -0.15) is 0 Å². The molecule has 0 fully saturated rings. The standard InChI is InChI=1S/C20H25ClN2O7S/c1-27-16-7-6-14(10-15(16)21)23(31(5,25)26)12-19(24)22-11-13-8-17(28-2)20(30-4)18(9-13)29-3/h6-10H,11-12H2,1-5H3,(H,22,24). The van der Waals surface area contributed by atoms with Crippen LogP contribution in [-0.4, -0.2) is 55.6 Å². The third-order valence-electron chi connectivity index (χ3n) is 4.33. The van der Waals surface area contributed by atoms with E-state index in [1.54, 1.807) is 12.1 Å². The van der Waals surface area contributed by atoms with E-state index in [-0.39, 0.29) is 17.3 Å². The number of sulfonamides is 1. The van der Waals surface area contributed by atoms with Crippen LogP contribution >= 0.6 is 11.6 Å². The summed E-state index contributed by atoms with van der Waals surface area (Å²) in [4.78, 5) is 12.5. The molecule has 31 heavy (non-hydrogen) atoms. The van der Waals surface area contributed by atoms with Crippen LogP contribution in [0.4, 0.5) is 5.69 Å². The summed E-state index contributed by atoms with van der Waals surface area (Å²) in [7, 11) is 2.18. The number of halogens is 1. The molecule has 0 unspecified atom stereocenters. The van der Waals surface area contributed by atoms with E-state index in [2.05, 4.69) is 5.32 Å². The molecule has 2 aromatic carbocycles. The zero-order valence-corrected chi connectivity index (χ0v) is 19.5. The van der Waals surface area contributed by atoms with Crippen LogP contribution in [0.25, 0.3) is 0 Å². The first-order valence-corrected chi connectivity index (χ1v) is 11.2. The predicted molar refractivity (Wildman–Crippen MR) is 118 cm³/mol. The number of methoxy groups -OCH3 is 4. The minimum atomic E-state index is -3.75. The summed E-state index contributed by atoms with van der Waals surface area (Å²) in [6.07, 6.45) is 1.01. The molecule has 1 amide bonds. The van der Waals surface area contributed by atoms with Gasteiger partial charge >= 0.3 is 0 Å². The van der Waals surface area contributed by atoms with Gasteiger partial charge in [0.2, 0.25) is 21.7 Å². The normalized spacial score (nSPS) is 10.9. The third-order valence-corrected chi connectivity index (χ3v) is 5.76. The average Bonchev–Trinajstić information content (AvgIpc) is 2.74. The molecule has 1 N–H and O–H groups in total. The van der Waals surface area contributed by atoms with Gasteiger partial charge in [-0.05, 0) is 35.9 Å². The molecule has 170 valence electrons. The number of amides is 1. The van der Waals surface area contributed by atoms with Gasteiger partial charge in [-0.15, -0.1) is 0 Å². The highest BCUT2D eigenvalue weighted by atomic mass is 35.5. The van der Waals surface area contributed by atoms with Gasteiger partial charge < -0.3 is 24.3 Å². The summed E-state index contributed by atoms with van der Waals surface area (Å²) in [5, 5.41) is 2.92. The van der Waals surface area contributed by atoms with Crippen molar-refractivity contribution < 1.29 is 32.2 Å². The summed E-state index contributed by atoms with van der Waals surface area (Å²) in [5.41, 5.74) is 0.928. The summed E-state index contributed by atoms with van der Waals surface area (Å²) in [6, 6.07) is 7.86. The quantitative estimate of drug-likeness (QED) is 0.566. The first-order chi connectivity index (χ1) is 14.6. The first-order valence-electron chi connectivity index (χ1n) is 9.01. The van der Waals surface area contributed by atoms with Gasteiger partial charge in [0.1, 0.15) is 12.3 Å². The van der Waals surface area contributed by atoms with E-state index in [0.717, 1.165) is 10.6 Å². The van der Waals surface area contributed by atoms with Crippen LogP contribution in [0, 0.1) is 0 Å². The Morgan fingerprint density at radius 3 is 2.00 bits per heavy atom. The number of nitrogens with zero attached hydrogens (tertiary/aromatic N) is 1. The maximum Gasteiger partial charge on any atom is 0.241 e. The number of ether oxygens (including phenoxy) is 4. The Morgan fingerprint density at radius 2 is 1.55 bits per heavy atom. The number of carbonyl (C=O) groups excluding carboxylic acids is 1. The van der Waals surface area contributed by atoms with Crippen molar-refractivity contribution in [2.45, 2.75) is 6.54 Å². The summed E-state index contributed by atoms with van der Waals surface area (Å²) in [5.74, 6) is 1.20. The van der Waals surface area contributed by atoms with Crippen molar-refractivity contribution in [2.75, 3.05) is 45.5 Å². The fourth-order valence-corrected chi connectivity index (χ4v) is 3.94. The predicted octanol–water partition coefficient (Wildman–Crippen LogP) is 2.46. The van der Waals surface area contributed by atoms with Gasteiger partial charge in [-0.1, -0.05) is 11.6 Å². The van der Waals surface area contributed by atoms with E-state index in [9.17, 15) is 13.2 Å². The number of hydrogen-bond acceptors (Lipinski definition) is 7. The molecule has 0 atom stereocenters. The highest BCUT2D eigenvalue weighted by Crippen LogP contribution is 2.38. The zero-order chi connectivity index (χ0) is 23.2. The van der Waals surface area contributed by atoms with E-state index in [1.165, 1.54) is 46.6 Å². The van der Waals surface area contributed by atoms with Crippen molar-refractivity contribution in [3.8, 4) is 23.0 Å². The largest absolute Gasteiger partial charge is 0.495 e. The number of nitrogens with one attached hydrogen (secondary N) is 1. The van der Waals surface area contributed by atoms with Crippen LogP contribution in [0.2, 0.25) is 5.02 Å². The minimum Gasteiger partial charge on any atom is -0.495 e. The van der Waals surface area contributed by atoms with Gasteiger partial charge in [-0.25, -0.2) is 8.42 Å². The second kappa shape index (κ2) is 10.5. The van der Waals surface area contributed by atoms with Crippen LogP contribution in [0.1, 0.15) is 5.56 Å². The van der Waals surface area contributed by atoms with Gasteiger partial charge in [-0.3, -0.25) is 9.10 Å². The van der Waals surface area contributed by atoms with Crippen molar-refractivity contribution in [3.63, 3.8) is 0 Å². The van der Waals surface area contributed by atoms with E-state index in [0.29, 0.717) is 28.6 Å². The molecule has 0 spiro atoms. The summed E-state index contributed by atoms with van der Waals surface area (Å²) in [6.45, 7) is -0.303. The van der Waals surface area contributed by atoms with E-state index in [4.69, 9.17) is 30.5 Å². The van der Waals surface area contributed by atoms with Crippen molar-refractivity contribution in [1.29, 1.82) is 0 Å². The molecule has 2 rings (SSSR count). The van der Waals surface area contributed by atoms with Crippen molar-refractivity contribution >= 4 is 33.2 Å². The smallest absolute Gasteiger partial charge is 0.241 e. The molecule has 0 aliphatic carbocycles. The number of benzene rings is 2. The SMILES string of the molecule is COc1ccc(N(CC(=O)NCc2cc(OC)c(OC)c(OC)c2)S(C)(=O)=O)cc1Cl. The maximum absolute atomic E-state index is 12.5. The fraction of sp³-hybridized carbons (Fsp3) is 0.350. The molecule has 0 bridgehead atoms. The van der Waals surface area contributed by atoms with E-state index in [1.807, 2.05) is 0 Å². The molecule has 0 aliphatic rings. The van der Waals surface area contributed by atoms with Gasteiger partial charge in [0.05, 0.1) is 45.4 Å². The Balaban J connectivity index is 2.18. The van der Waals surface area contributed by atoms with Gasteiger partial charge in [0, 0.05) is 6.54 Å². The van der Waals surface area contributed by atoms with Crippen LogP contribution in [0.15, 0.2) is 30.3 Å². The van der Waals surface area contributed by atoms with Crippen molar-refractivity contribution in [3.05, 3.63) is 40.9 Å². The molecule has 0 aromatic heterocycles. The first kappa shape index (κ1) is 24.4. The van der Waals surface area contributed by atoms with E-state index >= 15 is 0 Å². The maximum atomic E-state index is 12.5. The Hall–Kier alpha value is -2.85. The molecule has 2 aromatic rings. The topological polar surface area (TPSA) is 103 Å². The second-order valence-corrected chi connectivity index (χ2v) is 8.71. The lowest BCUT2D eigenvalue weighted by Gasteiger charge is -2.22. The molecule has 11 heteroatoms. The molecule has 0 saturated carbocycles. The molecular formula is C20H25ClN2O7S. The second-order valence-electron chi connectivity index (χ2n) is 6.40. The number of carbonyl (C=O) groups is 1. The number of anilines is 1. The Morgan fingerprint density at radius 1 is 0.968 bits per heavy atom. The Bertz CT molecular complexity index is 1020. The van der Waals surface area contributed by atoms with Crippen LogP contribution in [-0.2, 0) is 21.4 Å². The lowest BCUT2D eigenvalue weighted by atomic mass is 10.1. The summed E-state index contributed by atoms with van der Waals surface area (Å²) >= 11 is 6.10. The summed E-state index contributed by atoms with van der Waals surface area (Å²) < 4.78 is 46.4. The lowest BCUT2D eigenvalue weighted by molar-refractivity contribution is -0.119. The monoisotopic (exact) mass is 472 g/mol. The zero-order valence-electron chi connectivity index (χ0n) is 17.9. The molecule has 9 nitrogen and oxygen atoms in total. The molecule has 0 heterocycles. The molecule has 0 aliphatic heterocycles. The molecule has 0 radical (unpaired) electrons. The number of hydrogen-bond donors (Lipinski definition) is 1. The third kappa shape index (κ3) is 6.08. The fourth-order valence-electron chi connectivity index (χ4n) is 2.83. The van der Waals surface area contributed by atoms with Crippen molar-refractivity contribution in [2.24, 2.45) is 0 Å². The van der Waals surface area contributed by atoms with Crippen LogP contribution in [0.5, 0.6) is 23.0 Å². The molecular weight excluding hydrogens is 448 g/mol. The van der Waals surface area contributed by atoms with E-state index < -0.39 is 22.5 Å². The number of rotatable bonds is 10. The molecule has 0 saturated heterocycles. The minimum absolute atomic E-state index is 0.122. The highest BCUT2D eigenvalue weighted by Gasteiger charge is 2.22. The lowest BCUT2D eigenvalue weighted by Crippen LogP contribution is -2.40. The highest BCUT2D eigenvalue weighted by molar-refractivity contribution is 7.92. The Kier molecular flexibility index (Phi) is 8.23. The van der Waals surface area contributed by atoms with Crippen molar-refractivity contribution in [1.82, 2.24) is 5.32 Å². The Labute approximate surface area is 186 Å². The average molecular weight is 473 g/mol. The van der Waals surface area contributed by atoms with Crippen LogP contribution in [0.3, 0.4) is 0 Å².